The van der Waals surface area contributed by atoms with Crippen LogP contribution in [0, 0.1) is 47.3 Å². The highest BCUT2D eigenvalue weighted by atomic mass is 16.3. The van der Waals surface area contributed by atoms with Gasteiger partial charge in [-0.3, -0.25) is 0 Å². The summed E-state index contributed by atoms with van der Waals surface area (Å²) in [6, 6.07) is 0. The molecule has 160 valence electrons. The van der Waals surface area contributed by atoms with Gasteiger partial charge in [0.2, 0.25) is 0 Å². The predicted octanol–water partition coefficient (Wildman–Crippen LogP) is 6.30. The molecular weight excluding hydrogens is 332 g/mol. The molecule has 0 amide bonds. The van der Waals surface area contributed by atoms with Gasteiger partial charge in [0.05, 0.1) is 12.2 Å². The van der Waals surface area contributed by atoms with E-state index in [1.54, 1.807) is 0 Å². The summed E-state index contributed by atoms with van der Waals surface area (Å²) in [4.78, 5) is 0. The van der Waals surface area contributed by atoms with E-state index in [4.69, 9.17) is 0 Å². The molecule has 10 unspecified atom stereocenters. The standard InChI is InChI=1S/C25H48O2/c1-7-16(5)22-13-18(9-3)11-20(24(22)26)15-21-12-19(10-4)14-23(25(21)27)17(6)8-2/h16-27H,7-15H2,1-6H3. The Balaban J connectivity index is 2.13. The molecule has 2 heteroatoms. The van der Waals surface area contributed by atoms with Gasteiger partial charge in [0.25, 0.3) is 0 Å². The molecule has 2 fully saturated rings. The van der Waals surface area contributed by atoms with E-state index in [1.165, 1.54) is 38.5 Å². The molecule has 2 nitrogen and oxygen atoms in total. The van der Waals surface area contributed by atoms with Crippen LogP contribution in [0.25, 0.3) is 0 Å². The van der Waals surface area contributed by atoms with Crippen molar-refractivity contribution in [2.45, 2.75) is 112 Å². The van der Waals surface area contributed by atoms with Gasteiger partial charge in [-0.05, 0) is 79.4 Å². The first-order valence-corrected chi connectivity index (χ1v) is 12.2. The van der Waals surface area contributed by atoms with E-state index in [0.29, 0.717) is 35.5 Å². The Morgan fingerprint density at radius 1 is 0.667 bits per heavy atom. The van der Waals surface area contributed by atoms with Gasteiger partial charge in [-0.25, -0.2) is 0 Å². The molecule has 10 atom stereocenters. The largest absolute Gasteiger partial charge is 0.393 e. The maximum Gasteiger partial charge on any atom is 0.0599 e. The van der Waals surface area contributed by atoms with Crippen LogP contribution in [0.1, 0.15) is 99.3 Å². The first kappa shape index (κ1) is 23.2. The van der Waals surface area contributed by atoms with Crippen LogP contribution in [-0.2, 0) is 0 Å². The van der Waals surface area contributed by atoms with Crippen molar-refractivity contribution in [2.75, 3.05) is 0 Å². The van der Waals surface area contributed by atoms with Crippen molar-refractivity contribution < 1.29 is 10.2 Å². The van der Waals surface area contributed by atoms with Gasteiger partial charge in [-0.1, -0.05) is 67.2 Å². The molecule has 0 bridgehead atoms. The van der Waals surface area contributed by atoms with Gasteiger partial charge in [-0.15, -0.1) is 0 Å². The van der Waals surface area contributed by atoms with Crippen LogP contribution in [0.15, 0.2) is 0 Å². The quantitative estimate of drug-likeness (QED) is 0.519. The van der Waals surface area contributed by atoms with Crippen molar-refractivity contribution in [1.82, 2.24) is 0 Å². The minimum atomic E-state index is -0.168. The summed E-state index contributed by atoms with van der Waals surface area (Å²) in [5, 5.41) is 22.4. The fourth-order valence-electron chi connectivity index (χ4n) is 6.35. The zero-order valence-corrected chi connectivity index (χ0v) is 19.0. The normalized spacial score (nSPS) is 42.7. The van der Waals surface area contributed by atoms with E-state index in [1.807, 2.05) is 0 Å². The molecule has 2 saturated carbocycles. The molecule has 0 radical (unpaired) electrons. The summed E-state index contributed by atoms with van der Waals surface area (Å²) in [5.74, 6) is 4.38. The third-order valence-electron chi connectivity index (χ3n) is 8.84. The summed E-state index contributed by atoms with van der Waals surface area (Å²) in [7, 11) is 0. The predicted molar refractivity (Wildman–Crippen MR) is 116 cm³/mol. The summed E-state index contributed by atoms with van der Waals surface area (Å²) >= 11 is 0. The fraction of sp³-hybridized carbons (Fsp3) is 1.00. The molecule has 27 heavy (non-hydrogen) atoms. The maximum atomic E-state index is 11.2. The minimum absolute atomic E-state index is 0.168. The highest BCUT2D eigenvalue weighted by Gasteiger charge is 2.43. The second-order valence-corrected chi connectivity index (χ2v) is 10.3. The number of hydrogen-bond acceptors (Lipinski definition) is 2. The molecule has 0 aromatic heterocycles. The van der Waals surface area contributed by atoms with Crippen molar-refractivity contribution in [1.29, 1.82) is 0 Å². The average molecular weight is 381 g/mol. The van der Waals surface area contributed by atoms with Crippen LogP contribution < -0.4 is 0 Å². The van der Waals surface area contributed by atoms with E-state index in [0.717, 1.165) is 31.1 Å². The molecule has 0 spiro atoms. The Bertz CT molecular complexity index is 385. The van der Waals surface area contributed by atoms with Crippen molar-refractivity contribution in [2.24, 2.45) is 47.3 Å². The highest BCUT2D eigenvalue weighted by Crippen LogP contribution is 2.47. The zero-order valence-electron chi connectivity index (χ0n) is 19.0. The average Bonchev–Trinajstić information content (AvgIpc) is 2.69. The monoisotopic (exact) mass is 380 g/mol. The van der Waals surface area contributed by atoms with Gasteiger partial charge in [0, 0.05) is 0 Å². The lowest BCUT2D eigenvalue weighted by atomic mass is 9.61. The van der Waals surface area contributed by atoms with Crippen LogP contribution in [0.2, 0.25) is 0 Å². The molecule has 0 saturated heterocycles. The van der Waals surface area contributed by atoms with Crippen molar-refractivity contribution in [3.63, 3.8) is 0 Å². The van der Waals surface area contributed by atoms with Gasteiger partial charge < -0.3 is 10.2 Å². The highest BCUT2D eigenvalue weighted by molar-refractivity contribution is 4.93. The third kappa shape index (κ3) is 5.50. The van der Waals surface area contributed by atoms with E-state index in [-0.39, 0.29) is 12.2 Å². The van der Waals surface area contributed by atoms with E-state index >= 15 is 0 Å². The van der Waals surface area contributed by atoms with Gasteiger partial charge >= 0.3 is 0 Å². The van der Waals surface area contributed by atoms with E-state index in [9.17, 15) is 10.2 Å². The number of aliphatic hydroxyl groups is 2. The molecule has 2 N–H and O–H groups in total. The summed E-state index contributed by atoms with van der Waals surface area (Å²) in [6.07, 6.45) is 10.2. The number of rotatable bonds is 8. The minimum Gasteiger partial charge on any atom is -0.393 e. The van der Waals surface area contributed by atoms with Crippen LogP contribution in [-0.4, -0.2) is 22.4 Å². The second kappa shape index (κ2) is 10.6. The molecular formula is C25H48O2. The van der Waals surface area contributed by atoms with Crippen LogP contribution in [0.4, 0.5) is 0 Å². The van der Waals surface area contributed by atoms with Gasteiger partial charge in [0.15, 0.2) is 0 Å². The second-order valence-electron chi connectivity index (χ2n) is 10.3. The molecule has 2 aliphatic carbocycles. The van der Waals surface area contributed by atoms with Crippen LogP contribution >= 0.6 is 0 Å². The fourth-order valence-corrected chi connectivity index (χ4v) is 6.35. The van der Waals surface area contributed by atoms with Gasteiger partial charge in [-0.2, -0.15) is 0 Å². The van der Waals surface area contributed by atoms with Crippen molar-refractivity contribution >= 4 is 0 Å². The molecule has 0 aromatic carbocycles. The first-order chi connectivity index (χ1) is 12.9. The van der Waals surface area contributed by atoms with E-state index in [2.05, 4.69) is 41.5 Å². The topological polar surface area (TPSA) is 40.5 Å². The summed E-state index contributed by atoms with van der Waals surface area (Å²) < 4.78 is 0. The van der Waals surface area contributed by atoms with E-state index < -0.39 is 0 Å². The molecule has 0 heterocycles. The van der Waals surface area contributed by atoms with Crippen molar-refractivity contribution in [3.8, 4) is 0 Å². The Morgan fingerprint density at radius 3 is 1.33 bits per heavy atom. The van der Waals surface area contributed by atoms with Crippen molar-refractivity contribution in [3.05, 3.63) is 0 Å². The zero-order chi connectivity index (χ0) is 20.1. The van der Waals surface area contributed by atoms with Crippen LogP contribution in [0.5, 0.6) is 0 Å². The number of aliphatic hydroxyl groups excluding tert-OH is 2. The maximum absolute atomic E-state index is 11.2. The lowest BCUT2D eigenvalue weighted by Gasteiger charge is -2.46. The Labute approximate surface area is 169 Å². The first-order valence-electron chi connectivity index (χ1n) is 12.2. The molecule has 2 aliphatic rings. The SMILES string of the molecule is CCC1CC(CC2CC(CC)CC(C(C)CC)C2O)C(O)C(C(C)CC)C1. The summed E-state index contributed by atoms with van der Waals surface area (Å²) in [6.45, 7) is 13.8. The Kier molecular flexibility index (Phi) is 9.13. The number of hydrogen-bond donors (Lipinski definition) is 2. The lowest BCUT2D eigenvalue weighted by molar-refractivity contribution is -0.0711. The summed E-state index contributed by atoms with van der Waals surface area (Å²) in [5.41, 5.74) is 0. The van der Waals surface area contributed by atoms with Gasteiger partial charge in [0.1, 0.15) is 0 Å². The molecule has 2 rings (SSSR count). The smallest absolute Gasteiger partial charge is 0.0599 e. The lowest BCUT2D eigenvalue weighted by Crippen LogP contribution is -2.45. The van der Waals surface area contributed by atoms with Crippen LogP contribution in [0.3, 0.4) is 0 Å². The Hall–Kier alpha value is -0.0800. The molecule has 0 aromatic rings. The molecule has 0 aliphatic heterocycles. The third-order valence-corrected chi connectivity index (χ3v) is 8.84. The Morgan fingerprint density at radius 2 is 1.04 bits per heavy atom.